The van der Waals surface area contributed by atoms with E-state index in [4.69, 9.17) is 5.11 Å². The van der Waals surface area contributed by atoms with E-state index in [9.17, 15) is 0 Å². The fourth-order valence-corrected chi connectivity index (χ4v) is 3.22. The first-order valence-electron chi connectivity index (χ1n) is 6.45. The summed E-state index contributed by atoms with van der Waals surface area (Å²) in [6.07, 6.45) is 5.17. The van der Waals surface area contributed by atoms with Gasteiger partial charge in [-0.1, -0.05) is 11.8 Å². The molecule has 0 fully saturated rings. The number of aromatic nitrogens is 5. The molecule has 2 aromatic rings. The van der Waals surface area contributed by atoms with Crippen molar-refractivity contribution in [2.45, 2.75) is 43.3 Å². The second kappa shape index (κ2) is 5.34. The van der Waals surface area contributed by atoms with Crippen molar-refractivity contribution in [3.63, 3.8) is 0 Å². The van der Waals surface area contributed by atoms with Gasteiger partial charge in [-0.2, -0.15) is 0 Å². The summed E-state index contributed by atoms with van der Waals surface area (Å²) >= 11 is 1.63. The second-order valence-corrected chi connectivity index (χ2v) is 5.62. The SMILES string of the molecule is Cn1c(CO)cnc1SCc1nnc2n1CCCC2. The molecule has 1 N–H and O–H groups in total. The van der Waals surface area contributed by atoms with Crippen molar-refractivity contribution in [1.29, 1.82) is 0 Å². The molecule has 19 heavy (non-hydrogen) atoms. The summed E-state index contributed by atoms with van der Waals surface area (Å²) in [6.45, 7) is 1.05. The maximum absolute atomic E-state index is 9.15. The minimum absolute atomic E-state index is 0.0182. The molecule has 0 aromatic carbocycles. The van der Waals surface area contributed by atoms with Gasteiger partial charge in [-0.3, -0.25) is 0 Å². The topological polar surface area (TPSA) is 68.8 Å². The number of nitrogens with zero attached hydrogens (tertiary/aromatic N) is 5. The zero-order valence-corrected chi connectivity index (χ0v) is 11.7. The molecule has 0 bridgehead atoms. The van der Waals surface area contributed by atoms with E-state index in [-0.39, 0.29) is 6.61 Å². The molecule has 3 heterocycles. The quantitative estimate of drug-likeness (QED) is 0.850. The lowest BCUT2D eigenvalue weighted by molar-refractivity contribution is 0.271. The van der Waals surface area contributed by atoms with Crippen molar-refractivity contribution in [3.8, 4) is 0 Å². The zero-order chi connectivity index (χ0) is 13.2. The van der Waals surface area contributed by atoms with E-state index in [1.807, 2.05) is 11.6 Å². The average Bonchev–Trinajstić information content (AvgIpc) is 3.00. The highest BCUT2D eigenvalue weighted by Gasteiger charge is 2.16. The summed E-state index contributed by atoms with van der Waals surface area (Å²) in [5.41, 5.74) is 0.825. The third-order valence-corrected chi connectivity index (χ3v) is 4.51. The Morgan fingerprint density at radius 2 is 2.26 bits per heavy atom. The van der Waals surface area contributed by atoms with Crippen LogP contribution < -0.4 is 0 Å². The average molecular weight is 279 g/mol. The summed E-state index contributed by atoms with van der Waals surface area (Å²) in [7, 11) is 1.92. The van der Waals surface area contributed by atoms with Crippen molar-refractivity contribution < 1.29 is 5.11 Å². The molecule has 7 heteroatoms. The maximum atomic E-state index is 9.15. The molecule has 0 unspecified atom stereocenters. The molecular formula is C12H17N5OS. The summed E-state index contributed by atoms with van der Waals surface area (Å²) in [6, 6.07) is 0. The molecule has 1 aliphatic heterocycles. The molecule has 1 aliphatic rings. The lowest BCUT2D eigenvalue weighted by Crippen LogP contribution is -2.12. The van der Waals surface area contributed by atoms with E-state index in [1.54, 1.807) is 18.0 Å². The van der Waals surface area contributed by atoms with Crippen LogP contribution in [0, 0.1) is 0 Å². The fraction of sp³-hybridized carbons (Fsp3) is 0.583. The number of hydrogen-bond acceptors (Lipinski definition) is 5. The van der Waals surface area contributed by atoms with E-state index in [1.165, 1.54) is 12.8 Å². The summed E-state index contributed by atoms with van der Waals surface area (Å²) in [5.74, 6) is 2.90. The number of thioether (sulfide) groups is 1. The molecule has 102 valence electrons. The van der Waals surface area contributed by atoms with Gasteiger partial charge in [0, 0.05) is 20.0 Å². The number of aliphatic hydroxyl groups excluding tert-OH is 1. The van der Waals surface area contributed by atoms with Gasteiger partial charge in [0.2, 0.25) is 0 Å². The monoisotopic (exact) mass is 279 g/mol. The van der Waals surface area contributed by atoms with Crippen molar-refractivity contribution in [2.24, 2.45) is 7.05 Å². The standard InChI is InChI=1S/C12H17N5OS/c1-16-9(7-18)6-13-12(16)19-8-11-15-14-10-4-2-3-5-17(10)11/h6,18H,2-5,7-8H2,1H3. The van der Waals surface area contributed by atoms with E-state index in [2.05, 4.69) is 19.7 Å². The van der Waals surface area contributed by atoms with Crippen LogP contribution in [0.25, 0.3) is 0 Å². The normalized spacial score (nSPS) is 14.6. The van der Waals surface area contributed by atoms with Crippen molar-refractivity contribution in [2.75, 3.05) is 0 Å². The van der Waals surface area contributed by atoms with E-state index in [0.29, 0.717) is 0 Å². The highest BCUT2D eigenvalue weighted by atomic mass is 32.2. The van der Waals surface area contributed by atoms with Crippen LogP contribution in [0.2, 0.25) is 0 Å². The first-order valence-corrected chi connectivity index (χ1v) is 7.43. The molecule has 2 aromatic heterocycles. The summed E-state index contributed by atoms with van der Waals surface area (Å²) in [5, 5.41) is 18.6. The molecule has 6 nitrogen and oxygen atoms in total. The van der Waals surface area contributed by atoms with Gasteiger partial charge in [0.1, 0.15) is 11.6 Å². The van der Waals surface area contributed by atoms with Crippen molar-refractivity contribution in [3.05, 3.63) is 23.5 Å². The van der Waals surface area contributed by atoms with E-state index in [0.717, 1.165) is 41.2 Å². The minimum atomic E-state index is 0.0182. The molecule has 0 atom stereocenters. The molecule has 0 amide bonds. The van der Waals surface area contributed by atoms with Crippen LogP contribution in [-0.4, -0.2) is 29.4 Å². The predicted octanol–water partition coefficient (Wildman–Crippen LogP) is 1.13. The van der Waals surface area contributed by atoms with Gasteiger partial charge in [0.25, 0.3) is 0 Å². The predicted molar refractivity (Wildman–Crippen MR) is 71.7 cm³/mol. The molecule has 0 spiro atoms. The van der Waals surface area contributed by atoms with Gasteiger partial charge in [-0.05, 0) is 12.8 Å². The number of aliphatic hydroxyl groups is 1. The summed E-state index contributed by atoms with van der Waals surface area (Å²) < 4.78 is 4.14. The molecular weight excluding hydrogens is 262 g/mol. The highest BCUT2D eigenvalue weighted by molar-refractivity contribution is 7.98. The van der Waals surface area contributed by atoms with Crippen LogP contribution >= 0.6 is 11.8 Å². The maximum Gasteiger partial charge on any atom is 0.168 e. The number of aryl methyl sites for hydroxylation is 1. The van der Waals surface area contributed by atoms with Crippen LogP contribution in [0.15, 0.2) is 11.4 Å². The van der Waals surface area contributed by atoms with Crippen LogP contribution in [0.1, 0.15) is 30.2 Å². The van der Waals surface area contributed by atoms with Gasteiger partial charge < -0.3 is 14.2 Å². The Bertz CT molecular complexity index is 577. The van der Waals surface area contributed by atoms with Gasteiger partial charge >= 0.3 is 0 Å². The Kier molecular flexibility index (Phi) is 3.56. The van der Waals surface area contributed by atoms with Gasteiger partial charge in [0.15, 0.2) is 5.16 Å². The number of hydrogen-bond donors (Lipinski definition) is 1. The van der Waals surface area contributed by atoms with Crippen LogP contribution in [-0.2, 0) is 32.4 Å². The molecule has 0 radical (unpaired) electrons. The Morgan fingerprint density at radius 1 is 1.37 bits per heavy atom. The number of rotatable bonds is 4. The van der Waals surface area contributed by atoms with Crippen molar-refractivity contribution >= 4 is 11.8 Å². The van der Waals surface area contributed by atoms with Crippen molar-refractivity contribution in [1.82, 2.24) is 24.3 Å². The Balaban J connectivity index is 1.72. The van der Waals surface area contributed by atoms with Gasteiger partial charge in [-0.15, -0.1) is 10.2 Å². The van der Waals surface area contributed by atoms with Crippen LogP contribution in [0.5, 0.6) is 0 Å². The lowest BCUT2D eigenvalue weighted by atomic mass is 10.2. The highest BCUT2D eigenvalue weighted by Crippen LogP contribution is 2.23. The number of fused-ring (bicyclic) bond motifs is 1. The molecule has 0 saturated heterocycles. The van der Waals surface area contributed by atoms with E-state index >= 15 is 0 Å². The molecule has 0 aliphatic carbocycles. The molecule has 3 rings (SSSR count). The van der Waals surface area contributed by atoms with Crippen LogP contribution in [0.3, 0.4) is 0 Å². The minimum Gasteiger partial charge on any atom is -0.390 e. The summed E-state index contributed by atoms with van der Waals surface area (Å²) in [4.78, 5) is 4.31. The Hall–Kier alpha value is -1.34. The second-order valence-electron chi connectivity index (χ2n) is 4.68. The lowest BCUT2D eigenvalue weighted by Gasteiger charge is -2.14. The van der Waals surface area contributed by atoms with Gasteiger partial charge in [0.05, 0.1) is 24.3 Å². The largest absolute Gasteiger partial charge is 0.390 e. The first-order chi connectivity index (χ1) is 9.29. The van der Waals surface area contributed by atoms with Crippen LogP contribution in [0.4, 0.5) is 0 Å². The van der Waals surface area contributed by atoms with E-state index < -0.39 is 0 Å². The smallest absolute Gasteiger partial charge is 0.168 e. The third kappa shape index (κ3) is 2.40. The van der Waals surface area contributed by atoms with Gasteiger partial charge in [-0.25, -0.2) is 4.98 Å². The number of imidazole rings is 1. The molecule has 0 saturated carbocycles. The third-order valence-electron chi connectivity index (χ3n) is 3.47. The Labute approximate surface area is 115 Å². The Morgan fingerprint density at radius 3 is 3.05 bits per heavy atom. The zero-order valence-electron chi connectivity index (χ0n) is 10.9. The first kappa shape index (κ1) is 12.7. The fourth-order valence-electron chi connectivity index (χ4n) is 2.31.